The van der Waals surface area contributed by atoms with E-state index in [2.05, 4.69) is 26.0 Å². The maximum atomic E-state index is 12.6. The van der Waals surface area contributed by atoms with E-state index in [1.165, 1.54) is 25.7 Å². The Labute approximate surface area is 158 Å². The number of rotatable bonds is 5. The van der Waals surface area contributed by atoms with Gasteiger partial charge in [0.25, 0.3) is 0 Å². The van der Waals surface area contributed by atoms with Crippen molar-refractivity contribution in [3.8, 4) is 11.1 Å². The summed E-state index contributed by atoms with van der Waals surface area (Å²) in [5.41, 5.74) is 3.72. The number of fused-ring (bicyclic) bond motifs is 3. The number of Topliss-reactive ketones (excluding diaryl/α,β-unsaturated/α-hetero) is 1. The minimum absolute atomic E-state index is 0.261. The minimum Gasteiger partial charge on any atom is -0.298 e. The molecular weight excluding hydrogens is 338 g/mol. The normalized spacial score (nSPS) is 22.0. The first-order chi connectivity index (χ1) is 13.2. The fourth-order valence-corrected chi connectivity index (χ4v) is 4.64. The Kier molecular flexibility index (Phi) is 4.01. The Balaban J connectivity index is 1.35. The third kappa shape index (κ3) is 3.14. The molecule has 6 heteroatoms. The highest BCUT2D eigenvalue weighted by molar-refractivity contribution is 5.86. The molecule has 0 radical (unpaired) electrons. The Hall–Kier alpha value is -2.60. The number of hydrogen-bond donors (Lipinski definition) is 0. The summed E-state index contributed by atoms with van der Waals surface area (Å²) in [6.45, 7) is 0.572. The van der Waals surface area contributed by atoms with Crippen LogP contribution >= 0.6 is 0 Å². The largest absolute Gasteiger partial charge is 0.298 e. The average Bonchev–Trinajstić information content (AvgIpc) is 3.37. The number of ketones is 1. The van der Waals surface area contributed by atoms with Crippen molar-refractivity contribution in [1.29, 1.82) is 0 Å². The van der Waals surface area contributed by atoms with Gasteiger partial charge >= 0.3 is 0 Å². The van der Waals surface area contributed by atoms with Crippen LogP contribution in [0.25, 0.3) is 22.0 Å². The first-order valence-electron chi connectivity index (χ1n) is 9.67. The summed E-state index contributed by atoms with van der Waals surface area (Å²) < 4.78 is 1.78. The molecule has 0 saturated carbocycles. The van der Waals surface area contributed by atoms with Crippen molar-refractivity contribution in [3.05, 3.63) is 42.6 Å². The van der Waals surface area contributed by atoms with Crippen LogP contribution in [-0.2, 0) is 18.3 Å². The van der Waals surface area contributed by atoms with E-state index >= 15 is 0 Å². The lowest BCUT2D eigenvalue weighted by Gasteiger charge is -2.20. The second kappa shape index (κ2) is 6.53. The number of hydrogen-bond acceptors (Lipinski definition) is 5. The Morgan fingerprint density at radius 3 is 2.52 bits per heavy atom. The van der Waals surface area contributed by atoms with Crippen LogP contribution in [-0.4, -0.2) is 49.1 Å². The van der Waals surface area contributed by atoms with Crippen LogP contribution in [0.4, 0.5) is 0 Å². The molecular formula is C21H23N5O. The molecule has 0 aliphatic carbocycles. The SMILES string of the molecule is Cn1cc(-c2cnc3cnc(CC(=O)CN4C5CCC4CC5)cc3c2)cn1. The van der Waals surface area contributed by atoms with Crippen LogP contribution in [0.2, 0.25) is 0 Å². The van der Waals surface area contributed by atoms with Crippen LogP contribution < -0.4 is 0 Å². The average molecular weight is 361 g/mol. The van der Waals surface area contributed by atoms with E-state index in [-0.39, 0.29) is 5.78 Å². The predicted molar refractivity (Wildman–Crippen MR) is 103 cm³/mol. The maximum Gasteiger partial charge on any atom is 0.152 e. The van der Waals surface area contributed by atoms with Gasteiger partial charge in [0.15, 0.2) is 5.78 Å². The summed E-state index contributed by atoms with van der Waals surface area (Å²) in [7, 11) is 1.90. The molecule has 3 aromatic heterocycles. The van der Waals surface area contributed by atoms with Gasteiger partial charge in [-0.15, -0.1) is 0 Å². The molecule has 2 aliphatic rings. The monoisotopic (exact) mass is 361 g/mol. The number of carbonyl (C=O) groups is 1. The maximum absolute atomic E-state index is 12.6. The quantitative estimate of drug-likeness (QED) is 0.699. The third-order valence-corrected chi connectivity index (χ3v) is 6.00. The van der Waals surface area contributed by atoms with Crippen molar-refractivity contribution in [2.75, 3.05) is 6.54 Å². The molecule has 2 aliphatic heterocycles. The van der Waals surface area contributed by atoms with Gasteiger partial charge < -0.3 is 0 Å². The molecule has 0 aromatic carbocycles. The van der Waals surface area contributed by atoms with Crippen molar-refractivity contribution in [1.82, 2.24) is 24.6 Å². The second-order valence-electron chi connectivity index (χ2n) is 7.85. The Bertz CT molecular complexity index is 991. The van der Waals surface area contributed by atoms with Crippen LogP contribution in [0.1, 0.15) is 31.4 Å². The van der Waals surface area contributed by atoms with Gasteiger partial charge in [-0.3, -0.25) is 24.3 Å². The van der Waals surface area contributed by atoms with Crippen LogP contribution in [0.3, 0.4) is 0 Å². The number of pyridine rings is 2. The lowest BCUT2D eigenvalue weighted by atomic mass is 10.0. The molecule has 0 N–H and O–H groups in total. The summed E-state index contributed by atoms with van der Waals surface area (Å²) in [6, 6.07) is 5.36. The third-order valence-electron chi connectivity index (χ3n) is 6.00. The van der Waals surface area contributed by atoms with Gasteiger partial charge in [-0.1, -0.05) is 0 Å². The van der Waals surface area contributed by atoms with Gasteiger partial charge in [0.2, 0.25) is 0 Å². The fourth-order valence-electron chi connectivity index (χ4n) is 4.64. The standard InChI is InChI=1S/C21H23N5O/c1-25-12-16(10-24-25)15-6-14-7-17(22-11-21(14)23-9-15)8-20(27)13-26-18-2-3-19(26)5-4-18/h6-7,9-12,18-19H,2-5,8,13H2,1H3. The summed E-state index contributed by atoms with van der Waals surface area (Å²) in [4.78, 5) is 24.0. The van der Waals surface area contributed by atoms with E-state index < -0.39 is 0 Å². The topological polar surface area (TPSA) is 63.9 Å². The van der Waals surface area contributed by atoms with Gasteiger partial charge in [0.1, 0.15) is 0 Å². The second-order valence-corrected chi connectivity index (χ2v) is 7.85. The molecule has 6 nitrogen and oxygen atoms in total. The predicted octanol–water partition coefficient (Wildman–Crippen LogP) is 2.77. The first kappa shape index (κ1) is 16.6. The molecule has 2 fully saturated rings. The molecule has 3 aromatic rings. The number of nitrogens with zero attached hydrogens (tertiary/aromatic N) is 5. The van der Waals surface area contributed by atoms with E-state index in [9.17, 15) is 4.79 Å². The summed E-state index contributed by atoms with van der Waals surface area (Å²) in [6.07, 6.45) is 12.8. The molecule has 0 atom stereocenters. The Morgan fingerprint density at radius 1 is 1.04 bits per heavy atom. The van der Waals surface area contributed by atoms with Crippen molar-refractivity contribution in [2.24, 2.45) is 7.05 Å². The highest BCUT2D eigenvalue weighted by Gasteiger charge is 2.39. The Morgan fingerprint density at radius 2 is 1.81 bits per heavy atom. The highest BCUT2D eigenvalue weighted by Crippen LogP contribution is 2.37. The van der Waals surface area contributed by atoms with Crippen molar-refractivity contribution in [2.45, 2.75) is 44.2 Å². The summed E-state index contributed by atoms with van der Waals surface area (Å²) >= 11 is 0. The summed E-state index contributed by atoms with van der Waals surface area (Å²) in [5.74, 6) is 0.261. The van der Waals surface area contributed by atoms with Crippen LogP contribution in [0.5, 0.6) is 0 Å². The lowest BCUT2D eigenvalue weighted by molar-refractivity contribution is -0.119. The van der Waals surface area contributed by atoms with Gasteiger partial charge in [0.05, 0.1) is 30.9 Å². The number of aryl methyl sites for hydroxylation is 1. The molecule has 2 bridgehead atoms. The van der Waals surface area contributed by atoms with E-state index in [1.54, 1.807) is 10.9 Å². The van der Waals surface area contributed by atoms with Crippen molar-refractivity contribution in [3.63, 3.8) is 0 Å². The molecule has 0 unspecified atom stereocenters. The molecule has 5 rings (SSSR count). The fraction of sp³-hybridized carbons (Fsp3) is 0.429. The zero-order valence-electron chi connectivity index (χ0n) is 15.5. The summed E-state index contributed by atoms with van der Waals surface area (Å²) in [5, 5.41) is 5.23. The first-order valence-corrected chi connectivity index (χ1v) is 9.67. The minimum atomic E-state index is 0.261. The number of aromatic nitrogens is 4. The van der Waals surface area contributed by atoms with E-state index in [0.29, 0.717) is 25.0 Å². The lowest BCUT2D eigenvalue weighted by Crippen LogP contribution is -2.34. The molecule has 0 spiro atoms. The van der Waals surface area contributed by atoms with Gasteiger partial charge in [-0.25, -0.2) is 0 Å². The molecule has 5 heterocycles. The van der Waals surface area contributed by atoms with E-state index in [4.69, 9.17) is 0 Å². The molecule has 0 amide bonds. The van der Waals surface area contributed by atoms with E-state index in [0.717, 1.165) is 27.7 Å². The zero-order chi connectivity index (χ0) is 18.4. The smallest absolute Gasteiger partial charge is 0.152 e. The zero-order valence-corrected chi connectivity index (χ0v) is 15.5. The molecule has 138 valence electrons. The van der Waals surface area contributed by atoms with Crippen LogP contribution in [0.15, 0.2) is 36.9 Å². The van der Waals surface area contributed by atoms with Gasteiger partial charge in [-0.2, -0.15) is 5.10 Å². The molecule has 27 heavy (non-hydrogen) atoms. The number of carbonyl (C=O) groups excluding carboxylic acids is 1. The van der Waals surface area contributed by atoms with Crippen molar-refractivity contribution >= 4 is 16.7 Å². The van der Waals surface area contributed by atoms with E-state index in [1.807, 2.05) is 31.7 Å². The van der Waals surface area contributed by atoms with Gasteiger partial charge in [0, 0.05) is 53.7 Å². The molecule has 2 saturated heterocycles. The van der Waals surface area contributed by atoms with Crippen molar-refractivity contribution < 1.29 is 4.79 Å². The highest BCUT2D eigenvalue weighted by atomic mass is 16.1. The van der Waals surface area contributed by atoms with Crippen LogP contribution in [0, 0.1) is 0 Å². The van der Waals surface area contributed by atoms with Gasteiger partial charge in [-0.05, 0) is 37.8 Å².